The van der Waals surface area contributed by atoms with Crippen LogP contribution in [0.1, 0.15) is 54.3 Å². The molecule has 0 bridgehead atoms. The van der Waals surface area contributed by atoms with Gasteiger partial charge in [0.05, 0.1) is 0 Å². The molecule has 2 fully saturated rings. The van der Waals surface area contributed by atoms with Crippen LogP contribution in [0, 0.1) is 11.6 Å². The molecule has 146 valence electrons. The van der Waals surface area contributed by atoms with Crippen molar-refractivity contribution in [2.45, 2.75) is 44.1 Å². The number of halogens is 2. The second-order valence-electron chi connectivity index (χ2n) is 7.23. The van der Waals surface area contributed by atoms with E-state index in [0.29, 0.717) is 24.7 Å². The van der Waals surface area contributed by atoms with Crippen LogP contribution in [0.2, 0.25) is 0 Å². The molecule has 2 aliphatic rings. The number of carbonyl (C=O) groups excluding carboxylic acids is 2. The standard InChI is InChI=1S/C20H20F2N4O2/c21-13-9-14(22)11-15(10-13)24-19(27)17-3-1-2-8-26(17)20(28)16-6-7-23-18(25-16)12-4-5-12/h6-7,9-12,17H,1-5,8H2,(H,24,27). The van der Waals surface area contributed by atoms with Gasteiger partial charge in [0.1, 0.15) is 29.2 Å². The molecule has 1 saturated carbocycles. The first-order chi connectivity index (χ1) is 13.5. The zero-order valence-corrected chi connectivity index (χ0v) is 15.2. The van der Waals surface area contributed by atoms with Gasteiger partial charge in [0, 0.05) is 30.4 Å². The molecule has 2 amide bonds. The van der Waals surface area contributed by atoms with Crippen LogP contribution in [-0.2, 0) is 4.79 Å². The highest BCUT2D eigenvalue weighted by Gasteiger charge is 2.34. The van der Waals surface area contributed by atoms with Crippen molar-refractivity contribution >= 4 is 17.5 Å². The van der Waals surface area contributed by atoms with Gasteiger partial charge in [0.25, 0.3) is 5.91 Å². The predicted octanol–water partition coefficient (Wildman–Crippen LogP) is 3.27. The number of rotatable bonds is 4. The summed E-state index contributed by atoms with van der Waals surface area (Å²) in [6, 6.07) is 3.66. The number of carbonyl (C=O) groups is 2. The van der Waals surface area contributed by atoms with Gasteiger partial charge in [-0.2, -0.15) is 0 Å². The smallest absolute Gasteiger partial charge is 0.273 e. The Bertz CT molecular complexity index is 897. The molecule has 8 heteroatoms. The van der Waals surface area contributed by atoms with Gasteiger partial charge in [0.2, 0.25) is 5.91 Å². The van der Waals surface area contributed by atoms with E-state index in [2.05, 4.69) is 15.3 Å². The summed E-state index contributed by atoms with van der Waals surface area (Å²) in [5.41, 5.74) is 0.298. The highest BCUT2D eigenvalue weighted by atomic mass is 19.1. The lowest BCUT2D eigenvalue weighted by molar-refractivity contribution is -0.121. The molecule has 4 rings (SSSR count). The lowest BCUT2D eigenvalue weighted by Gasteiger charge is -2.34. The zero-order valence-electron chi connectivity index (χ0n) is 15.2. The van der Waals surface area contributed by atoms with Crippen molar-refractivity contribution in [3.05, 3.63) is 53.6 Å². The minimum Gasteiger partial charge on any atom is -0.325 e. The van der Waals surface area contributed by atoms with Gasteiger partial charge in [-0.05, 0) is 50.3 Å². The Morgan fingerprint density at radius 1 is 1.07 bits per heavy atom. The molecule has 1 aromatic carbocycles. The SMILES string of the molecule is O=C(Nc1cc(F)cc(F)c1)C1CCCCN1C(=O)c1ccnc(C2CC2)n1. The minimum absolute atomic E-state index is 0.0264. The van der Waals surface area contributed by atoms with E-state index >= 15 is 0 Å². The van der Waals surface area contributed by atoms with E-state index in [1.807, 2.05) is 0 Å². The Morgan fingerprint density at radius 2 is 1.82 bits per heavy atom. The number of anilines is 1. The van der Waals surface area contributed by atoms with Crippen LogP contribution in [-0.4, -0.2) is 39.3 Å². The average Bonchev–Trinajstić information content (AvgIpc) is 3.52. The zero-order chi connectivity index (χ0) is 19.7. The van der Waals surface area contributed by atoms with Crippen molar-refractivity contribution < 1.29 is 18.4 Å². The van der Waals surface area contributed by atoms with E-state index < -0.39 is 23.6 Å². The van der Waals surface area contributed by atoms with Gasteiger partial charge >= 0.3 is 0 Å². The van der Waals surface area contributed by atoms with Crippen molar-refractivity contribution in [1.29, 1.82) is 0 Å². The lowest BCUT2D eigenvalue weighted by atomic mass is 10.0. The van der Waals surface area contributed by atoms with Gasteiger partial charge in [-0.3, -0.25) is 9.59 Å². The maximum atomic E-state index is 13.4. The van der Waals surface area contributed by atoms with Crippen molar-refractivity contribution in [3.63, 3.8) is 0 Å². The maximum Gasteiger partial charge on any atom is 0.273 e. The molecule has 1 unspecified atom stereocenters. The van der Waals surface area contributed by atoms with Crippen LogP contribution in [0.15, 0.2) is 30.5 Å². The van der Waals surface area contributed by atoms with Gasteiger partial charge in [-0.25, -0.2) is 18.7 Å². The summed E-state index contributed by atoms with van der Waals surface area (Å²) in [4.78, 5) is 35.8. The summed E-state index contributed by atoms with van der Waals surface area (Å²) in [5.74, 6) is -1.36. The molecular formula is C20H20F2N4O2. The summed E-state index contributed by atoms with van der Waals surface area (Å²) in [6.07, 6.45) is 5.67. The minimum atomic E-state index is -0.777. The number of aromatic nitrogens is 2. The molecule has 1 N–H and O–H groups in total. The first-order valence-electron chi connectivity index (χ1n) is 9.42. The molecule has 2 heterocycles. The van der Waals surface area contributed by atoms with Crippen molar-refractivity contribution in [2.24, 2.45) is 0 Å². The third-order valence-electron chi connectivity index (χ3n) is 5.03. The molecule has 1 aromatic heterocycles. The summed E-state index contributed by atoms with van der Waals surface area (Å²) >= 11 is 0. The van der Waals surface area contributed by atoms with E-state index in [9.17, 15) is 18.4 Å². The molecule has 6 nitrogen and oxygen atoms in total. The average molecular weight is 386 g/mol. The monoisotopic (exact) mass is 386 g/mol. The van der Waals surface area contributed by atoms with Crippen molar-refractivity contribution in [2.75, 3.05) is 11.9 Å². The number of nitrogens with zero attached hydrogens (tertiary/aromatic N) is 3. The predicted molar refractivity (Wildman–Crippen MR) is 97.7 cm³/mol. The van der Waals surface area contributed by atoms with E-state index in [1.54, 1.807) is 12.3 Å². The summed E-state index contributed by atoms with van der Waals surface area (Å²) in [7, 11) is 0. The van der Waals surface area contributed by atoms with Crippen LogP contribution in [0.4, 0.5) is 14.5 Å². The molecule has 28 heavy (non-hydrogen) atoms. The normalized spacial score (nSPS) is 19.4. The largest absolute Gasteiger partial charge is 0.325 e. The third-order valence-corrected chi connectivity index (χ3v) is 5.03. The second-order valence-corrected chi connectivity index (χ2v) is 7.23. The number of piperidine rings is 1. The van der Waals surface area contributed by atoms with Crippen molar-refractivity contribution in [3.8, 4) is 0 Å². The molecule has 0 spiro atoms. The highest BCUT2D eigenvalue weighted by Crippen LogP contribution is 2.37. The molecule has 2 aromatic rings. The fourth-order valence-corrected chi connectivity index (χ4v) is 3.48. The molecule has 1 saturated heterocycles. The second kappa shape index (κ2) is 7.61. The lowest BCUT2D eigenvalue weighted by Crippen LogP contribution is -2.50. The van der Waals surface area contributed by atoms with E-state index in [-0.39, 0.29) is 17.3 Å². The van der Waals surface area contributed by atoms with Crippen LogP contribution < -0.4 is 5.32 Å². The maximum absolute atomic E-state index is 13.4. The number of likely N-dealkylation sites (tertiary alicyclic amines) is 1. The number of nitrogens with one attached hydrogen (secondary N) is 1. The summed E-state index contributed by atoms with van der Waals surface area (Å²) in [5, 5.41) is 2.52. The first-order valence-corrected chi connectivity index (χ1v) is 9.42. The van der Waals surface area contributed by atoms with Crippen LogP contribution in [0.5, 0.6) is 0 Å². The number of amides is 2. The molecular weight excluding hydrogens is 366 g/mol. The third kappa shape index (κ3) is 4.00. The van der Waals surface area contributed by atoms with E-state index in [1.165, 1.54) is 4.90 Å². The molecule has 1 atom stereocenters. The Labute approximate surface area is 161 Å². The topological polar surface area (TPSA) is 75.2 Å². The fraction of sp³-hybridized carbons (Fsp3) is 0.400. The summed E-state index contributed by atoms with van der Waals surface area (Å²) in [6.45, 7) is 0.428. The number of hydrogen-bond acceptors (Lipinski definition) is 4. The van der Waals surface area contributed by atoms with E-state index in [4.69, 9.17) is 0 Å². The molecule has 1 aliphatic carbocycles. The first kappa shape index (κ1) is 18.5. The van der Waals surface area contributed by atoms with Crippen molar-refractivity contribution in [1.82, 2.24) is 14.9 Å². The highest BCUT2D eigenvalue weighted by molar-refractivity contribution is 6.00. The van der Waals surface area contributed by atoms with Crippen LogP contribution in [0.25, 0.3) is 0 Å². The van der Waals surface area contributed by atoms with Crippen LogP contribution >= 0.6 is 0 Å². The van der Waals surface area contributed by atoms with Gasteiger partial charge < -0.3 is 10.2 Å². The fourth-order valence-electron chi connectivity index (χ4n) is 3.48. The van der Waals surface area contributed by atoms with Gasteiger partial charge in [-0.1, -0.05) is 0 Å². The summed E-state index contributed by atoms with van der Waals surface area (Å²) < 4.78 is 26.8. The molecule has 1 aliphatic heterocycles. The Hall–Kier alpha value is -2.90. The number of benzene rings is 1. The Kier molecular flexibility index (Phi) is 5.02. The Balaban J connectivity index is 1.52. The molecule has 0 radical (unpaired) electrons. The number of hydrogen-bond donors (Lipinski definition) is 1. The quantitative estimate of drug-likeness (QED) is 0.875. The van der Waals surface area contributed by atoms with Crippen LogP contribution in [0.3, 0.4) is 0 Å². The Morgan fingerprint density at radius 3 is 2.54 bits per heavy atom. The van der Waals surface area contributed by atoms with Gasteiger partial charge in [-0.15, -0.1) is 0 Å². The van der Waals surface area contributed by atoms with Gasteiger partial charge in [0.15, 0.2) is 0 Å². The van der Waals surface area contributed by atoms with E-state index in [0.717, 1.165) is 43.9 Å².